The quantitative estimate of drug-likeness (QED) is 0.802. The highest BCUT2D eigenvalue weighted by Gasteiger charge is 2.27. The Morgan fingerprint density at radius 2 is 1.96 bits per heavy atom. The molecule has 3 rings (SSSR count). The molecule has 28 heavy (non-hydrogen) atoms. The molecule has 1 aliphatic rings. The Kier molecular flexibility index (Phi) is 6.12. The maximum Gasteiger partial charge on any atom is 0.243 e. The minimum atomic E-state index is -3.77. The van der Waals surface area contributed by atoms with Crippen molar-refractivity contribution in [3.05, 3.63) is 58.9 Å². The molecule has 1 N–H and O–H groups in total. The van der Waals surface area contributed by atoms with Crippen LogP contribution in [0.2, 0.25) is 0 Å². The molecular formula is C20H23FN2O3S2. The van der Waals surface area contributed by atoms with Crippen LogP contribution in [0.15, 0.2) is 46.2 Å². The van der Waals surface area contributed by atoms with Gasteiger partial charge in [-0.25, -0.2) is 12.8 Å². The van der Waals surface area contributed by atoms with Crippen molar-refractivity contribution in [1.29, 1.82) is 0 Å². The van der Waals surface area contributed by atoms with Gasteiger partial charge < -0.3 is 5.32 Å². The number of hydrogen-bond acceptors (Lipinski definition) is 4. The van der Waals surface area contributed by atoms with E-state index >= 15 is 0 Å². The lowest BCUT2D eigenvalue weighted by Gasteiger charge is -2.27. The van der Waals surface area contributed by atoms with Gasteiger partial charge in [0.05, 0.1) is 17.5 Å². The van der Waals surface area contributed by atoms with Gasteiger partial charge in [-0.1, -0.05) is 6.07 Å². The van der Waals surface area contributed by atoms with E-state index in [1.165, 1.54) is 19.2 Å². The van der Waals surface area contributed by atoms with Crippen LogP contribution >= 0.6 is 11.8 Å². The van der Waals surface area contributed by atoms with Gasteiger partial charge in [-0.15, -0.1) is 11.8 Å². The number of thioether (sulfide) groups is 1. The van der Waals surface area contributed by atoms with Crippen LogP contribution in [-0.2, 0) is 14.8 Å². The van der Waals surface area contributed by atoms with Crippen molar-refractivity contribution in [2.75, 3.05) is 19.3 Å². The van der Waals surface area contributed by atoms with Crippen LogP contribution in [0.1, 0.15) is 29.2 Å². The monoisotopic (exact) mass is 422 g/mol. The van der Waals surface area contributed by atoms with Crippen LogP contribution in [0, 0.1) is 19.7 Å². The number of carbonyl (C=O) groups excluding carboxylic acids is 1. The largest absolute Gasteiger partial charge is 0.348 e. The van der Waals surface area contributed by atoms with Crippen LogP contribution < -0.4 is 5.32 Å². The molecule has 0 aromatic heterocycles. The second-order valence-corrected chi connectivity index (χ2v) is 10.1. The predicted molar refractivity (Wildman–Crippen MR) is 108 cm³/mol. The van der Waals surface area contributed by atoms with Crippen molar-refractivity contribution in [1.82, 2.24) is 9.62 Å². The van der Waals surface area contributed by atoms with Crippen molar-refractivity contribution in [2.24, 2.45) is 0 Å². The van der Waals surface area contributed by atoms with Crippen molar-refractivity contribution < 1.29 is 17.6 Å². The summed E-state index contributed by atoms with van der Waals surface area (Å²) in [6, 6.07) is 9.13. The van der Waals surface area contributed by atoms with E-state index in [0.717, 1.165) is 31.6 Å². The fraction of sp³-hybridized carbons (Fsp3) is 0.350. The molecule has 1 atom stereocenters. The third-order valence-corrected chi connectivity index (χ3v) is 7.82. The highest BCUT2D eigenvalue weighted by atomic mass is 32.2. The SMILES string of the molecule is Cc1ccc(S(=O)(=O)N(C)CC(=O)NC2CCSc3ccc(F)cc32)cc1C. The fourth-order valence-electron chi connectivity index (χ4n) is 3.10. The van der Waals surface area contributed by atoms with Gasteiger partial charge in [0.15, 0.2) is 0 Å². The zero-order valence-corrected chi connectivity index (χ0v) is 17.7. The molecule has 0 aliphatic carbocycles. The Bertz CT molecular complexity index is 1010. The zero-order chi connectivity index (χ0) is 20.5. The number of carbonyl (C=O) groups is 1. The van der Waals surface area contributed by atoms with E-state index in [-0.39, 0.29) is 23.3 Å². The molecule has 1 unspecified atom stereocenters. The van der Waals surface area contributed by atoms with Gasteiger partial charge in [0.25, 0.3) is 0 Å². The number of aryl methyl sites for hydroxylation is 2. The van der Waals surface area contributed by atoms with Gasteiger partial charge in [0.2, 0.25) is 15.9 Å². The average Bonchev–Trinajstić information content (AvgIpc) is 2.64. The highest BCUT2D eigenvalue weighted by molar-refractivity contribution is 7.99. The number of likely N-dealkylation sites (N-methyl/N-ethyl adjacent to an activating group) is 1. The molecule has 0 saturated carbocycles. The molecule has 8 heteroatoms. The van der Waals surface area contributed by atoms with E-state index < -0.39 is 15.9 Å². The van der Waals surface area contributed by atoms with Crippen LogP contribution in [0.4, 0.5) is 4.39 Å². The molecule has 2 aromatic carbocycles. The topological polar surface area (TPSA) is 66.5 Å². The standard InChI is InChI=1S/C20H23FN2O3S2/c1-13-4-6-16(10-14(13)2)28(25,26)23(3)12-20(24)22-18-8-9-27-19-7-5-15(21)11-17(18)19/h4-7,10-11,18H,8-9,12H2,1-3H3,(H,22,24). The Labute approximate surface area is 169 Å². The lowest BCUT2D eigenvalue weighted by Crippen LogP contribution is -2.40. The number of nitrogens with one attached hydrogen (secondary N) is 1. The molecule has 5 nitrogen and oxygen atoms in total. The molecule has 150 valence electrons. The first-order chi connectivity index (χ1) is 13.2. The second-order valence-electron chi connectivity index (χ2n) is 6.95. The van der Waals surface area contributed by atoms with E-state index in [0.29, 0.717) is 6.42 Å². The smallest absolute Gasteiger partial charge is 0.243 e. The molecule has 1 heterocycles. The van der Waals surface area contributed by atoms with E-state index in [2.05, 4.69) is 5.32 Å². The first-order valence-corrected chi connectivity index (χ1v) is 11.4. The molecule has 0 fully saturated rings. The molecule has 1 amide bonds. The minimum Gasteiger partial charge on any atom is -0.348 e. The third-order valence-electron chi connectivity index (χ3n) is 4.90. The summed E-state index contributed by atoms with van der Waals surface area (Å²) in [5.41, 5.74) is 2.61. The number of fused-ring (bicyclic) bond motifs is 1. The maximum absolute atomic E-state index is 13.6. The number of hydrogen-bond donors (Lipinski definition) is 1. The Hall–Kier alpha value is -1.90. The lowest BCUT2D eigenvalue weighted by molar-refractivity contribution is -0.121. The summed E-state index contributed by atoms with van der Waals surface area (Å²) in [5, 5.41) is 2.85. The highest BCUT2D eigenvalue weighted by Crippen LogP contribution is 2.36. The number of rotatable bonds is 5. The van der Waals surface area contributed by atoms with Gasteiger partial charge in [-0.3, -0.25) is 4.79 Å². The predicted octanol–water partition coefficient (Wildman–Crippen LogP) is 3.42. The molecule has 0 saturated heterocycles. The van der Waals surface area contributed by atoms with E-state index in [4.69, 9.17) is 0 Å². The van der Waals surface area contributed by atoms with Crippen LogP contribution in [0.25, 0.3) is 0 Å². The van der Waals surface area contributed by atoms with E-state index in [1.807, 2.05) is 13.8 Å². The van der Waals surface area contributed by atoms with Crippen molar-refractivity contribution in [2.45, 2.75) is 36.1 Å². The van der Waals surface area contributed by atoms with Crippen LogP contribution in [0.5, 0.6) is 0 Å². The molecule has 0 radical (unpaired) electrons. The summed E-state index contributed by atoms with van der Waals surface area (Å²) in [6.07, 6.45) is 0.667. The Morgan fingerprint density at radius 3 is 2.68 bits per heavy atom. The molecule has 0 bridgehead atoms. The van der Waals surface area contributed by atoms with Gasteiger partial charge in [0.1, 0.15) is 5.82 Å². The summed E-state index contributed by atoms with van der Waals surface area (Å²) in [6.45, 7) is 3.45. The lowest BCUT2D eigenvalue weighted by atomic mass is 10.0. The third kappa shape index (κ3) is 4.39. The van der Waals surface area contributed by atoms with Gasteiger partial charge in [0, 0.05) is 17.7 Å². The van der Waals surface area contributed by atoms with Crippen molar-refractivity contribution >= 4 is 27.7 Å². The summed E-state index contributed by atoms with van der Waals surface area (Å²) < 4.78 is 40.2. The zero-order valence-electron chi connectivity index (χ0n) is 16.0. The number of amides is 1. The summed E-state index contributed by atoms with van der Waals surface area (Å²) in [5.74, 6) is 0.0392. The first-order valence-electron chi connectivity index (χ1n) is 8.93. The summed E-state index contributed by atoms with van der Waals surface area (Å²) in [7, 11) is -2.39. The normalized spacial score (nSPS) is 16.7. The van der Waals surface area contributed by atoms with Gasteiger partial charge >= 0.3 is 0 Å². The number of benzene rings is 2. The first kappa shape index (κ1) is 20.8. The minimum absolute atomic E-state index is 0.160. The van der Waals surface area contributed by atoms with E-state index in [9.17, 15) is 17.6 Å². The summed E-state index contributed by atoms with van der Waals surface area (Å²) >= 11 is 1.62. The average molecular weight is 423 g/mol. The van der Waals surface area contributed by atoms with Crippen molar-refractivity contribution in [3.63, 3.8) is 0 Å². The molecule has 0 spiro atoms. The van der Waals surface area contributed by atoms with Crippen LogP contribution in [0.3, 0.4) is 0 Å². The van der Waals surface area contributed by atoms with E-state index in [1.54, 1.807) is 36.0 Å². The number of halogens is 1. The molecular weight excluding hydrogens is 399 g/mol. The van der Waals surface area contributed by atoms with Crippen molar-refractivity contribution in [3.8, 4) is 0 Å². The number of nitrogens with zero attached hydrogens (tertiary/aromatic N) is 1. The molecule has 1 aliphatic heterocycles. The van der Waals surface area contributed by atoms with Crippen LogP contribution in [-0.4, -0.2) is 38.0 Å². The maximum atomic E-state index is 13.6. The Morgan fingerprint density at radius 1 is 1.21 bits per heavy atom. The fourth-order valence-corrected chi connectivity index (χ4v) is 5.42. The summed E-state index contributed by atoms with van der Waals surface area (Å²) in [4.78, 5) is 13.6. The number of sulfonamides is 1. The second kappa shape index (κ2) is 8.23. The molecule has 2 aromatic rings. The Balaban J connectivity index is 1.71. The van der Waals surface area contributed by atoms with Gasteiger partial charge in [-0.05, 0) is 67.3 Å². The van der Waals surface area contributed by atoms with Gasteiger partial charge in [-0.2, -0.15) is 4.31 Å².